The minimum atomic E-state index is -0.749. The number of nitrogens with zero attached hydrogens (tertiary/aromatic N) is 2. The number of rotatable bonds is 4. The summed E-state index contributed by atoms with van der Waals surface area (Å²) < 4.78 is 0. The molecule has 1 amide bonds. The van der Waals surface area contributed by atoms with Gasteiger partial charge < -0.3 is 15.8 Å². The van der Waals surface area contributed by atoms with Crippen molar-refractivity contribution >= 4 is 11.7 Å². The van der Waals surface area contributed by atoms with Crippen LogP contribution in [0.4, 0.5) is 0 Å². The van der Waals surface area contributed by atoms with Crippen molar-refractivity contribution in [2.75, 3.05) is 13.6 Å². The Morgan fingerprint density at radius 2 is 2.10 bits per heavy atom. The lowest BCUT2D eigenvalue weighted by Gasteiger charge is -2.46. The minimum absolute atomic E-state index is 0.0404. The summed E-state index contributed by atoms with van der Waals surface area (Å²) in [6.45, 7) is 2.93. The van der Waals surface area contributed by atoms with Crippen molar-refractivity contribution < 1.29 is 10.0 Å². The number of carbonyl (C=O) groups excluding carboxylic acids is 1. The Balaban J connectivity index is 1.66. The van der Waals surface area contributed by atoms with Crippen LogP contribution in [0.3, 0.4) is 0 Å². The number of amidine groups is 1. The molecule has 0 aliphatic heterocycles. The smallest absolute Gasteiger partial charge is 0.236 e. The molecule has 3 fully saturated rings. The number of fused-ring (bicyclic) bond motifs is 2. The van der Waals surface area contributed by atoms with Crippen molar-refractivity contribution in [3.8, 4) is 0 Å². The first-order valence-corrected chi connectivity index (χ1v) is 8.20. The molecular formula is C16H27N3O2. The van der Waals surface area contributed by atoms with Crippen LogP contribution in [0.1, 0.15) is 45.4 Å². The lowest BCUT2D eigenvalue weighted by atomic mass is 9.61. The zero-order chi connectivity index (χ0) is 15.2. The van der Waals surface area contributed by atoms with Crippen molar-refractivity contribution in [1.29, 1.82) is 0 Å². The highest BCUT2D eigenvalue weighted by Gasteiger charge is 2.53. The quantitative estimate of drug-likeness (QED) is 0.360. The topological polar surface area (TPSA) is 78.9 Å². The number of hydrogen-bond acceptors (Lipinski definition) is 3. The van der Waals surface area contributed by atoms with Crippen LogP contribution < -0.4 is 5.73 Å². The Bertz CT molecular complexity index is 456. The van der Waals surface area contributed by atoms with E-state index in [1.807, 2.05) is 11.9 Å². The van der Waals surface area contributed by atoms with Gasteiger partial charge in [0.05, 0.1) is 0 Å². The second kappa shape index (κ2) is 5.18. The van der Waals surface area contributed by atoms with Crippen molar-refractivity contribution in [3.63, 3.8) is 0 Å². The van der Waals surface area contributed by atoms with E-state index in [9.17, 15) is 4.79 Å². The first-order chi connectivity index (χ1) is 9.96. The SMILES string of the molecule is CC1CC(C(=O)N(C)CC2CC3CCC2C3)(C(N)=NO)C1. The molecule has 0 aromatic carbocycles. The fraction of sp³-hybridized carbons (Fsp3) is 0.875. The second-order valence-corrected chi connectivity index (χ2v) is 7.70. The van der Waals surface area contributed by atoms with Gasteiger partial charge in [0.25, 0.3) is 0 Å². The number of hydrogen-bond donors (Lipinski definition) is 2. The minimum Gasteiger partial charge on any atom is -0.409 e. The predicted molar refractivity (Wildman–Crippen MR) is 80.8 cm³/mol. The van der Waals surface area contributed by atoms with Crippen LogP contribution in [0.5, 0.6) is 0 Å². The van der Waals surface area contributed by atoms with E-state index in [1.54, 1.807) is 0 Å². The van der Waals surface area contributed by atoms with Crippen molar-refractivity contribution in [1.82, 2.24) is 4.90 Å². The Labute approximate surface area is 126 Å². The number of oxime groups is 1. The van der Waals surface area contributed by atoms with Gasteiger partial charge in [0.2, 0.25) is 5.91 Å². The first kappa shape index (κ1) is 14.7. The van der Waals surface area contributed by atoms with Crippen LogP contribution in [-0.4, -0.2) is 35.4 Å². The van der Waals surface area contributed by atoms with Gasteiger partial charge in [-0.3, -0.25) is 4.79 Å². The normalized spacial score (nSPS) is 41.9. The molecule has 0 saturated heterocycles. The van der Waals surface area contributed by atoms with Crippen molar-refractivity contribution in [2.45, 2.75) is 45.4 Å². The van der Waals surface area contributed by atoms with E-state index < -0.39 is 5.41 Å². The molecule has 0 spiro atoms. The Hall–Kier alpha value is -1.26. The highest BCUT2D eigenvalue weighted by atomic mass is 16.4. The third kappa shape index (κ3) is 2.30. The lowest BCUT2D eigenvalue weighted by molar-refractivity contribution is -0.143. The molecule has 3 rings (SSSR count). The maximum atomic E-state index is 12.8. The second-order valence-electron chi connectivity index (χ2n) is 7.70. The summed E-state index contributed by atoms with van der Waals surface area (Å²) in [5.74, 6) is 2.95. The summed E-state index contributed by atoms with van der Waals surface area (Å²) in [5.41, 5.74) is 5.09. The molecule has 3 saturated carbocycles. The van der Waals surface area contributed by atoms with Gasteiger partial charge in [-0.25, -0.2) is 0 Å². The first-order valence-electron chi connectivity index (χ1n) is 8.20. The number of amides is 1. The van der Waals surface area contributed by atoms with Gasteiger partial charge in [-0.2, -0.15) is 0 Å². The van der Waals surface area contributed by atoms with E-state index in [-0.39, 0.29) is 11.7 Å². The summed E-state index contributed by atoms with van der Waals surface area (Å²) in [7, 11) is 1.88. The molecule has 0 aromatic heterocycles. The molecule has 21 heavy (non-hydrogen) atoms. The highest BCUT2D eigenvalue weighted by Crippen LogP contribution is 2.50. The fourth-order valence-electron chi connectivity index (χ4n) is 5.12. The Morgan fingerprint density at radius 1 is 1.38 bits per heavy atom. The molecule has 3 aliphatic carbocycles. The third-order valence-corrected chi connectivity index (χ3v) is 6.14. The Kier molecular flexibility index (Phi) is 3.62. The molecule has 2 bridgehead atoms. The van der Waals surface area contributed by atoms with Gasteiger partial charge in [0, 0.05) is 13.6 Å². The van der Waals surface area contributed by atoms with Crippen molar-refractivity contribution in [3.05, 3.63) is 0 Å². The molecule has 0 aromatic rings. The summed E-state index contributed by atoms with van der Waals surface area (Å²) in [4.78, 5) is 14.7. The maximum Gasteiger partial charge on any atom is 0.236 e. The van der Waals surface area contributed by atoms with Gasteiger partial charge in [0.1, 0.15) is 5.41 Å². The number of nitrogens with two attached hydrogens (primary N) is 1. The van der Waals surface area contributed by atoms with Crippen LogP contribution in [0.15, 0.2) is 5.16 Å². The summed E-state index contributed by atoms with van der Waals surface area (Å²) in [6.07, 6.45) is 6.74. The van der Waals surface area contributed by atoms with Crippen LogP contribution >= 0.6 is 0 Å². The van der Waals surface area contributed by atoms with E-state index in [0.717, 1.165) is 18.4 Å². The molecule has 5 nitrogen and oxygen atoms in total. The van der Waals surface area contributed by atoms with E-state index in [0.29, 0.717) is 24.7 Å². The monoisotopic (exact) mass is 293 g/mol. The summed E-state index contributed by atoms with van der Waals surface area (Å²) in [6, 6.07) is 0. The lowest BCUT2D eigenvalue weighted by Crippen LogP contribution is -2.57. The number of carbonyl (C=O) groups is 1. The zero-order valence-electron chi connectivity index (χ0n) is 13.1. The van der Waals surface area contributed by atoms with Gasteiger partial charge >= 0.3 is 0 Å². The zero-order valence-corrected chi connectivity index (χ0v) is 13.1. The molecule has 3 atom stereocenters. The molecular weight excluding hydrogens is 266 g/mol. The molecule has 3 N–H and O–H groups in total. The van der Waals surface area contributed by atoms with E-state index in [2.05, 4.69) is 12.1 Å². The highest BCUT2D eigenvalue weighted by molar-refractivity contribution is 6.07. The fourth-order valence-corrected chi connectivity index (χ4v) is 5.12. The van der Waals surface area contributed by atoms with Gasteiger partial charge in [-0.1, -0.05) is 18.5 Å². The average molecular weight is 293 g/mol. The van der Waals surface area contributed by atoms with Gasteiger partial charge in [-0.05, 0) is 55.8 Å². The third-order valence-electron chi connectivity index (χ3n) is 6.14. The molecule has 3 aliphatic rings. The molecule has 118 valence electrons. The van der Waals surface area contributed by atoms with Crippen LogP contribution in [0.25, 0.3) is 0 Å². The average Bonchev–Trinajstić information content (AvgIpc) is 3.04. The largest absolute Gasteiger partial charge is 0.409 e. The van der Waals surface area contributed by atoms with E-state index in [1.165, 1.54) is 25.7 Å². The summed E-state index contributed by atoms with van der Waals surface area (Å²) >= 11 is 0. The predicted octanol–water partition coefficient (Wildman–Crippen LogP) is 2.04. The molecule has 5 heteroatoms. The van der Waals surface area contributed by atoms with E-state index in [4.69, 9.17) is 10.9 Å². The van der Waals surface area contributed by atoms with Gasteiger partial charge in [-0.15, -0.1) is 0 Å². The van der Waals surface area contributed by atoms with E-state index >= 15 is 0 Å². The maximum absolute atomic E-state index is 12.8. The Morgan fingerprint density at radius 3 is 2.57 bits per heavy atom. The van der Waals surface area contributed by atoms with Gasteiger partial charge in [0.15, 0.2) is 5.84 Å². The van der Waals surface area contributed by atoms with Crippen LogP contribution in [0.2, 0.25) is 0 Å². The van der Waals surface area contributed by atoms with Crippen molar-refractivity contribution in [2.24, 2.45) is 40.0 Å². The van der Waals surface area contributed by atoms with Crippen LogP contribution in [0, 0.1) is 29.1 Å². The summed E-state index contributed by atoms with van der Waals surface area (Å²) in [5, 5.41) is 12.2. The molecule has 0 radical (unpaired) electrons. The standard InChI is InChI=1S/C16H27N3O2/c1-10-7-16(8-10,14(17)18-21)15(20)19(2)9-13-6-11-3-4-12(13)5-11/h10-13,21H,3-9H2,1-2H3,(H2,17,18). The molecule has 3 unspecified atom stereocenters. The molecule has 0 heterocycles. The van der Waals surface area contributed by atoms with Crippen LogP contribution in [-0.2, 0) is 4.79 Å².